The Bertz CT molecular complexity index is 850. The van der Waals surface area contributed by atoms with Crippen LogP contribution in [0, 0.1) is 27.2 Å². The van der Waals surface area contributed by atoms with Gasteiger partial charge in [-0.2, -0.15) is 0 Å². The highest BCUT2D eigenvalue weighted by Crippen LogP contribution is 2.33. The second-order valence-electron chi connectivity index (χ2n) is 5.22. The van der Waals surface area contributed by atoms with Gasteiger partial charge in [-0.25, -0.2) is 0 Å². The van der Waals surface area contributed by atoms with Crippen LogP contribution in [0.4, 0.5) is 28.4 Å². The first-order chi connectivity index (χ1) is 11.8. The van der Waals surface area contributed by atoms with Gasteiger partial charge in [0, 0.05) is 23.9 Å². The number of nitrogens with one attached hydrogen (secondary N) is 2. The Morgan fingerprint density at radius 1 is 1.04 bits per heavy atom. The minimum absolute atomic E-state index is 0.123. The summed E-state index contributed by atoms with van der Waals surface area (Å²) in [6.07, 6.45) is 0.324. The number of hydrogen-bond donors (Lipinski definition) is 2. The molecule has 0 atom stereocenters. The number of carbonyl (C=O) groups is 1. The fourth-order valence-electron chi connectivity index (χ4n) is 2.18. The van der Waals surface area contributed by atoms with Crippen molar-refractivity contribution in [2.75, 3.05) is 10.6 Å². The normalized spacial score (nSPS) is 10.2. The van der Waals surface area contributed by atoms with Gasteiger partial charge in [-0.1, -0.05) is 13.0 Å². The van der Waals surface area contributed by atoms with Gasteiger partial charge in [0.1, 0.15) is 5.69 Å². The highest BCUT2D eigenvalue weighted by atomic mass is 16.6. The molecule has 9 heteroatoms. The fourth-order valence-corrected chi connectivity index (χ4v) is 2.18. The molecule has 0 fully saturated rings. The average molecular weight is 344 g/mol. The Hall–Kier alpha value is -3.49. The van der Waals surface area contributed by atoms with Crippen LogP contribution in [0.15, 0.2) is 36.4 Å². The summed E-state index contributed by atoms with van der Waals surface area (Å²) in [5.41, 5.74) is 1.18. The quantitative estimate of drug-likeness (QED) is 0.604. The number of anilines is 3. The van der Waals surface area contributed by atoms with E-state index in [0.29, 0.717) is 23.4 Å². The first-order valence-corrected chi connectivity index (χ1v) is 7.42. The van der Waals surface area contributed by atoms with E-state index >= 15 is 0 Å². The summed E-state index contributed by atoms with van der Waals surface area (Å²) in [4.78, 5) is 32.2. The van der Waals surface area contributed by atoms with Gasteiger partial charge in [-0.05, 0) is 30.7 Å². The summed E-state index contributed by atoms with van der Waals surface area (Å²) in [6, 6.07) is 8.49. The number of amides is 1. The van der Waals surface area contributed by atoms with E-state index in [9.17, 15) is 25.0 Å². The summed E-state index contributed by atoms with van der Waals surface area (Å²) >= 11 is 0. The van der Waals surface area contributed by atoms with Crippen LogP contribution in [0.3, 0.4) is 0 Å². The van der Waals surface area contributed by atoms with Crippen molar-refractivity contribution in [2.45, 2.75) is 20.3 Å². The van der Waals surface area contributed by atoms with Gasteiger partial charge in [0.25, 0.3) is 11.4 Å². The van der Waals surface area contributed by atoms with E-state index in [-0.39, 0.29) is 17.3 Å². The van der Waals surface area contributed by atoms with Gasteiger partial charge in [0.15, 0.2) is 0 Å². The molecule has 130 valence electrons. The number of nitrogens with zero attached hydrogens (tertiary/aromatic N) is 2. The summed E-state index contributed by atoms with van der Waals surface area (Å²) in [6.45, 7) is 3.48. The van der Waals surface area contributed by atoms with Crippen LogP contribution in [0.5, 0.6) is 0 Å². The molecule has 0 aliphatic carbocycles. The van der Waals surface area contributed by atoms with Crippen molar-refractivity contribution in [1.82, 2.24) is 0 Å². The van der Waals surface area contributed by atoms with E-state index in [1.165, 1.54) is 12.1 Å². The molecular formula is C16H16N4O5. The zero-order chi connectivity index (χ0) is 18.6. The molecule has 2 N–H and O–H groups in total. The molecule has 0 spiro atoms. The van der Waals surface area contributed by atoms with Gasteiger partial charge >= 0.3 is 0 Å². The van der Waals surface area contributed by atoms with Gasteiger partial charge in [0.2, 0.25) is 5.91 Å². The van der Waals surface area contributed by atoms with E-state index in [1.807, 2.05) is 0 Å². The molecule has 0 aromatic heterocycles. The van der Waals surface area contributed by atoms with Crippen molar-refractivity contribution in [2.24, 2.45) is 0 Å². The van der Waals surface area contributed by atoms with Gasteiger partial charge in [-0.15, -0.1) is 0 Å². The molecule has 25 heavy (non-hydrogen) atoms. The monoisotopic (exact) mass is 344 g/mol. The number of carbonyl (C=O) groups excluding carboxylic acids is 1. The SMILES string of the molecule is CCC(=O)Nc1cccc(Nc2ccc([N+](=O)[O-])cc2[N+](=O)[O-])c1C. The molecule has 2 aromatic carbocycles. The number of non-ortho nitro benzene ring substituents is 1. The lowest BCUT2D eigenvalue weighted by atomic mass is 10.1. The molecule has 0 aliphatic rings. The average Bonchev–Trinajstić information content (AvgIpc) is 2.58. The Morgan fingerprint density at radius 3 is 2.32 bits per heavy atom. The van der Waals surface area contributed by atoms with Crippen LogP contribution in [-0.2, 0) is 4.79 Å². The van der Waals surface area contributed by atoms with Crippen molar-refractivity contribution in [3.8, 4) is 0 Å². The third kappa shape index (κ3) is 4.08. The molecule has 0 aliphatic heterocycles. The molecule has 0 saturated carbocycles. The number of nitro benzene ring substituents is 2. The molecular weight excluding hydrogens is 328 g/mol. The maximum atomic E-state index is 11.6. The van der Waals surface area contributed by atoms with Crippen LogP contribution in [0.1, 0.15) is 18.9 Å². The van der Waals surface area contributed by atoms with E-state index in [2.05, 4.69) is 10.6 Å². The van der Waals surface area contributed by atoms with Gasteiger partial charge in [-0.3, -0.25) is 25.0 Å². The minimum Gasteiger partial charge on any atom is -0.350 e. The van der Waals surface area contributed by atoms with Crippen molar-refractivity contribution in [3.63, 3.8) is 0 Å². The predicted octanol–water partition coefficient (Wildman–Crippen LogP) is 3.90. The summed E-state index contributed by atoms with van der Waals surface area (Å²) in [5.74, 6) is -0.151. The van der Waals surface area contributed by atoms with E-state index in [0.717, 1.165) is 6.07 Å². The van der Waals surface area contributed by atoms with E-state index < -0.39 is 15.5 Å². The van der Waals surface area contributed by atoms with Gasteiger partial charge < -0.3 is 10.6 Å². The summed E-state index contributed by atoms with van der Waals surface area (Å²) in [7, 11) is 0. The first-order valence-electron chi connectivity index (χ1n) is 7.42. The predicted molar refractivity (Wildman–Crippen MR) is 93.1 cm³/mol. The standard InChI is InChI=1S/C16H16N4O5/c1-3-16(21)18-13-6-4-5-12(10(13)2)17-14-8-7-11(19(22)23)9-15(14)20(24)25/h4-9,17H,3H2,1-2H3,(H,18,21). The van der Waals surface area contributed by atoms with Gasteiger partial charge in [0.05, 0.1) is 15.9 Å². The van der Waals surface area contributed by atoms with Crippen molar-refractivity contribution in [1.29, 1.82) is 0 Å². The lowest BCUT2D eigenvalue weighted by molar-refractivity contribution is -0.393. The van der Waals surface area contributed by atoms with Crippen molar-refractivity contribution >= 4 is 34.3 Å². The molecule has 0 bridgehead atoms. The molecule has 9 nitrogen and oxygen atoms in total. The Labute approximate surface area is 143 Å². The maximum Gasteiger partial charge on any atom is 0.299 e. The topological polar surface area (TPSA) is 127 Å². The van der Waals surface area contributed by atoms with Crippen LogP contribution >= 0.6 is 0 Å². The Kier molecular flexibility index (Phi) is 5.28. The first kappa shape index (κ1) is 17.9. The maximum absolute atomic E-state index is 11.6. The summed E-state index contributed by atoms with van der Waals surface area (Å²) in [5, 5.41) is 27.7. The third-order valence-electron chi connectivity index (χ3n) is 3.59. The van der Waals surface area contributed by atoms with Crippen LogP contribution in [-0.4, -0.2) is 15.8 Å². The molecule has 0 saturated heterocycles. The second kappa shape index (κ2) is 7.39. The molecule has 2 rings (SSSR count). The lowest BCUT2D eigenvalue weighted by Crippen LogP contribution is -2.11. The third-order valence-corrected chi connectivity index (χ3v) is 3.59. The van der Waals surface area contributed by atoms with Crippen molar-refractivity contribution in [3.05, 3.63) is 62.2 Å². The Morgan fingerprint density at radius 2 is 1.72 bits per heavy atom. The highest BCUT2D eigenvalue weighted by Gasteiger charge is 2.20. The van der Waals surface area contributed by atoms with E-state index in [1.54, 1.807) is 32.0 Å². The smallest absolute Gasteiger partial charge is 0.299 e. The van der Waals surface area contributed by atoms with Crippen LogP contribution in [0.2, 0.25) is 0 Å². The van der Waals surface area contributed by atoms with Crippen LogP contribution in [0.25, 0.3) is 0 Å². The number of hydrogen-bond acceptors (Lipinski definition) is 6. The Balaban J connectivity index is 2.40. The van der Waals surface area contributed by atoms with Crippen molar-refractivity contribution < 1.29 is 14.6 Å². The molecule has 0 radical (unpaired) electrons. The number of rotatable bonds is 6. The number of nitro groups is 2. The zero-order valence-electron chi connectivity index (χ0n) is 13.6. The largest absolute Gasteiger partial charge is 0.350 e. The minimum atomic E-state index is -0.692. The van der Waals surface area contributed by atoms with Crippen LogP contribution < -0.4 is 10.6 Å². The molecule has 0 heterocycles. The number of benzene rings is 2. The summed E-state index contributed by atoms with van der Waals surface area (Å²) < 4.78 is 0. The second-order valence-corrected chi connectivity index (χ2v) is 5.22. The lowest BCUT2D eigenvalue weighted by Gasteiger charge is -2.14. The highest BCUT2D eigenvalue weighted by molar-refractivity contribution is 5.92. The molecule has 1 amide bonds. The zero-order valence-corrected chi connectivity index (χ0v) is 13.6. The molecule has 2 aromatic rings. The molecule has 0 unspecified atom stereocenters. The fraction of sp³-hybridized carbons (Fsp3) is 0.188. The van der Waals surface area contributed by atoms with E-state index in [4.69, 9.17) is 0 Å².